The Labute approximate surface area is 116 Å². The Bertz CT molecular complexity index is 373. The van der Waals surface area contributed by atoms with Crippen LogP contribution in [0, 0.1) is 0 Å². The minimum Gasteiger partial charge on any atom is -0.383 e. The summed E-state index contributed by atoms with van der Waals surface area (Å²) in [5.41, 5.74) is 2.65. The monoisotopic (exact) mass is 262 g/mol. The topological polar surface area (TPSA) is 24.5 Å². The lowest BCUT2D eigenvalue weighted by molar-refractivity contribution is 0.182. The van der Waals surface area contributed by atoms with Crippen molar-refractivity contribution in [1.82, 2.24) is 5.32 Å². The van der Waals surface area contributed by atoms with E-state index in [1.54, 1.807) is 7.11 Å². The largest absolute Gasteiger partial charge is 0.383 e. The van der Waals surface area contributed by atoms with Crippen molar-refractivity contribution in [3.8, 4) is 0 Å². The van der Waals surface area contributed by atoms with Crippen LogP contribution in [0.1, 0.15) is 32.3 Å². The van der Waals surface area contributed by atoms with E-state index in [9.17, 15) is 0 Å². The molecule has 1 aliphatic rings. The van der Waals surface area contributed by atoms with Gasteiger partial charge in [0.05, 0.1) is 6.61 Å². The summed E-state index contributed by atoms with van der Waals surface area (Å²) in [5.74, 6) is 0. The Kier molecular flexibility index (Phi) is 5.23. The van der Waals surface area contributed by atoms with Gasteiger partial charge in [-0.05, 0) is 44.4 Å². The summed E-state index contributed by atoms with van der Waals surface area (Å²) in [6.45, 7) is 7.15. The van der Waals surface area contributed by atoms with E-state index in [2.05, 4.69) is 48.3 Å². The summed E-state index contributed by atoms with van der Waals surface area (Å²) in [4.78, 5) is 2.38. The Balaban J connectivity index is 1.94. The predicted octanol–water partition coefficient (Wildman–Crippen LogP) is 2.80. The van der Waals surface area contributed by atoms with Crippen LogP contribution in [0.2, 0.25) is 0 Å². The maximum atomic E-state index is 5.25. The molecular weight excluding hydrogens is 236 g/mol. The highest BCUT2D eigenvalue weighted by atomic mass is 16.5. The summed E-state index contributed by atoms with van der Waals surface area (Å²) >= 11 is 0. The number of hydrogen-bond acceptors (Lipinski definition) is 3. The Morgan fingerprint density at radius 1 is 1.32 bits per heavy atom. The van der Waals surface area contributed by atoms with Crippen LogP contribution in [0.4, 0.5) is 5.69 Å². The van der Waals surface area contributed by atoms with Crippen LogP contribution in [0.3, 0.4) is 0 Å². The van der Waals surface area contributed by atoms with Crippen LogP contribution in [0.25, 0.3) is 0 Å². The van der Waals surface area contributed by atoms with Crippen LogP contribution < -0.4 is 10.2 Å². The smallest absolute Gasteiger partial charge is 0.0663 e. The zero-order valence-electron chi connectivity index (χ0n) is 12.4. The molecule has 3 nitrogen and oxygen atoms in total. The van der Waals surface area contributed by atoms with E-state index in [1.165, 1.54) is 24.1 Å². The van der Waals surface area contributed by atoms with Crippen molar-refractivity contribution in [3.63, 3.8) is 0 Å². The number of benzene rings is 1. The average Bonchev–Trinajstić information content (AvgIpc) is 3.23. The molecule has 0 radical (unpaired) electrons. The van der Waals surface area contributed by atoms with E-state index < -0.39 is 0 Å². The van der Waals surface area contributed by atoms with Gasteiger partial charge in [-0.3, -0.25) is 0 Å². The highest BCUT2D eigenvalue weighted by Crippen LogP contribution is 2.21. The van der Waals surface area contributed by atoms with Crippen LogP contribution in [0.5, 0.6) is 0 Å². The molecular formula is C16H26N2O. The van der Waals surface area contributed by atoms with Crippen molar-refractivity contribution >= 4 is 5.69 Å². The van der Waals surface area contributed by atoms with Crippen molar-refractivity contribution in [2.24, 2.45) is 0 Å². The summed E-state index contributed by atoms with van der Waals surface area (Å²) in [6, 6.07) is 10.1. The van der Waals surface area contributed by atoms with E-state index in [0.717, 1.165) is 25.7 Å². The van der Waals surface area contributed by atoms with Crippen molar-refractivity contribution in [3.05, 3.63) is 29.8 Å². The van der Waals surface area contributed by atoms with Crippen molar-refractivity contribution in [1.29, 1.82) is 0 Å². The first-order valence-corrected chi connectivity index (χ1v) is 7.32. The number of ether oxygens (including phenoxy) is 1. The maximum absolute atomic E-state index is 5.25. The van der Waals surface area contributed by atoms with Gasteiger partial charge in [-0.25, -0.2) is 0 Å². The molecule has 0 bridgehead atoms. The van der Waals surface area contributed by atoms with Crippen molar-refractivity contribution < 1.29 is 4.74 Å². The van der Waals surface area contributed by atoms with E-state index in [0.29, 0.717) is 6.04 Å². The van der Waals surface area contributed by atoms with Gasteiger partial charge in [-0.2, -0.15) is 0 Å². The molecule has 1 aromatic rings. The third-order valence-electron chi connectivity index (χ3n) is 3.72. The van der Waals surface area contributed by atoms with E-state index in [-0.39, 0.29) is 0 Å². The Hall–Kier alpha value is -1.06. The molecule has 0 saturated heterocycles. The lowest BCUT2D eigenvalue weighted by Crippen LogP contribution is -2.36. The van der Waals surface area contributed by atoms with Gasteiger partial charge in [-0.15, -0.1) is 0 Å². The first-order chi connectivity index (χ1) is 9.24. The second-order valence-corrected chi connectivity index (χ2v) is 5.41. The molecule has 1 N–H and O–H groups in total. The van der Waals surface area contributed by atoms with Gasteiger partial charge in [0.15, 0.2) is 0 Å². The third kappa shape index (κ3) is 4.22. The van der Waals surface area contributed by atoms with Gasteiger partial charge in [0, 0.05) is 38.0 Å². The average molecular weight is 262 g/mol. The van der Waals surface area contributed by atoms with Gasteiger partial charge >= 0.3 is 0 Å². The number of hydrogen-bond donors (Lipinski definition) is 1. The quantitative estimate of drug-likeness (QED) is 0.779. The molecule has 0 spiro atoms. The van der Waals surface area contributed by atoms with Gasteiger partial charge in [0.25, 0.3) is 0 Å². The summed E-state index contributed by atoms with van der Waals surface area (Å²) < 4.78 is 5.25. The summed E-state index contributed by atoms with van der Waals surface area (Å²) in [6.07, 6.45) is 2.69. The van der Waals surface area contributed by atoms with Gasteiger partial charge in [0.1, 0.15) is 0 Å². The molecule has 1 aromatic carbocycles. The standard InChI is InChI=1S/C16H26N2O/c1-4-18(13(2)12-19-3)16-9-5-14(6-10-16)11-17-15-7-8-15/h5-6,9-10,13,15,17H,4,7-8,11-12H2,1-3H3. The molecule has 3 heteroatoms. The normalized spacial score (nSPS) is 16.4. The molecule has 106 valence electrons. The number of nitrogens with one attached hydrogen (secondary N) is 1. The maximum Gasteiger partial charge on any atom is 0.0663 e. The Morgan fingerprint density at radius 2 is 2.00 bits per heavy atom. The SMILES string of the molecule is CCN(c1ccc(CNC2CC2)cc1)C(C)COC. The second kappa shape index (κ2) is 6.92. The molecule has 0 heterocycles. The van der Waals surface area contributed by atoms with Crippen LogP contribution in [-0.4, -0.2) is 32.3 Å². The highest BCUT2D eigenvalue weighted by molar-refractivity contribution is 5.48. The van der Waals surface area contributed by atoms with Crippen LogP contribution >= 0.6 is 0 Å². The molecule has 19 heavy (non-hydrogen) atoms. The molecule has 1 saturated carbocycles. The number of methoxy groups -OCH3 is 1. The number of likely N-dealkylation sites (N-methyl/N-ethyl adjacent to an activating group) is 1. The molecule has 2 rings (SSSR count). The second-order valence-electron chi connectivity index (χ2n) is 5.41. The Morgan fingerprint density at radius 3 is 2.53 bits per heavy atom. The first kappa shape index (κ1) is 14.4. The minimum absolute atomic E-state index is 0.408. The van der Waals surface area contributed by atoms with Crippen LogP contribution in [0.15, 0.2) is 24.3 Å². The number of anilines is 1. The van der Waals surface area contributed by atoms with Crippen LogP contribution in [-0.2, 0) is 11.3 Å². The van der Waals surface area contributed by atoms with Gasteiger partial charge < -0.3 is 15.0 Å². The summed E-state index contributed by atoms with van der Waals surface area (Å²) in [5, 5.41) is 3.55. The fourth-order valence-corrected chi connectivity index (χ4v) is 2.43. The molecule has 0 amide bonds. The van der Waals surface area contributed by atoms with Crippen molar-refractivity contribution in [2.45, 2.75) is 45.3 Å². The minimum atomic E-state index is 0.408. The zero-order valence-corrected chi connectivity index (χ0v) is 12.4. The highest BCUT2D eigenvalue weighted by Gasteiger charge is 2.20. The fourth-order valence-electron chi connectivity index (χ4n) is 2.43. The zero-order chi connectivity index (χ0) is 13.7. The molecule has 0 aliphatic heterocycles. The lowest BCUT2D eigenvalue weighted by Gasteiger charge is -2.29. The fraction of sp³-hybridized carbons (Fsp3) is 0.625. The van der Waals surface area contributed by atoms with Crippen molar-refractivity contribution in [2.75, 3.05) is 25.2 Å². The molecule has 1 unspecified atom stereocenters. The molecule has 1 fully saturated rings. The number of nitrogens with zero attached hydrogens (tertiary/aromatic N) is 1. The van der Waals surface area contributed by atoms with Gasteiger partial charge in [0.2, 0.25) is 0 Å². The first-order valence-electron chi connectivity index (χ1n) is 7.32. The molecule has 0 aromatic heterocycles. The van der Waals surface area contributed by atoms with Gasteiger partial charge in [-0.1, -0.05) is 12.1 Å². The number of rotatable bonds is 8. The molecule has 1 atom stereocenters. The van der Waals surface area contributed by atoms with E-state index >= 15 is 0 Å². The predicted molar refractivity (Wildman–Crippen MR) is 80.7 cm³/mol. The van der Waals surface area contributed by atoms with E-state index in [4.69, 9.17) is 4.74 Å². The lowest BCUT2D eigenvalue weighted by atomic mass is 10.1. The summed E-state index contributed by atoms with van der Waals surface area (Å²) in [7, 11) is 1.76. The third-order valence-corrected chi connectivity index (χ3v) is 3.72. The van der Waals surface area contributed by atoms with E-state index in [1.807, 2.05) is 0 Å². The molecule has 1 aliphatic carbocycles.